The predicted octanol–water partition coefficient (Wildman–Crippen LogP) is 3.44. The number of carbonyl (C=O) groups is 1. The van der Waals surface area contributed by atoms with Crippen molar-refractivity contribution in [1.82, 2.24) is 4.72 Å². The van der Waals surface area contributed by atoms with E-state index in [1.807, 2.05) is 0 Å². The molecule has 2 heterocycles. The fourth-order valence-electron chi connectivity index (χ4n) is 3.17. The van der Waals surface area contributed by atoms with E-state index < -0.39 is 34.5 Å². The summed E-state index contributed by atoms with van der Waals surface area (Å²) in [7, 11) is 0. The Balaban J connectivity index is 1.51. The van der Waals surface area contributed by atoms with Gasteiger partial charge in [0.15, 0.2) is 11.4 Å². The first-order valence-electron chi connectivity index (χ1n) is 8.12. The third-order valence-corrected chi connectivity index (χ3v) is 5.84. The summed E-state index contributed by atoms with van der Waals surface area (Å²) in [6, 6.07) is 10.5. The average molecular weight is 397 g/mol. The van der Waals surface area contributed by atoms with Crippen molar-refractivity contribution in [2.75, 3.05) is 6.61 Å². The number of fused-ring (bicyclic) bond motifs is 1. The molecule has 2 aliphatic heterocycles. The normalized spacial score (nSPS) is 24.3. The van der Waals surface area contributed by atoms with Crippen LogP contribution in [0, 0.1) is 0 Å². The zero-order valence-electron chi connectivity index (χ0n) is 13.8. The number of halogens is 3. The second kappa shape index (κ2) is 6.65. The number of alkyl halides is 3. The molecular formula is C18H14F3NO4S. The Kier molecular flexibility index (Phi) is 4.43. The van der Waals surface area contributed by atoms with E-state index in [2.05, 4.69) is 4.72 Å². The van der Waals surface area contributed by atoms with Gasteiger partial charge in [0.1, 0.15) is 18.1 Å². The summed E-state index contributed by atoms with van der Waals surface area (Å²) in [4.78, 5) is 11.3. The zero-order chi connectivity index (χ0) is 19.2. The molecular weight excluding hydrogens is 383 g/mol. The summed E-state index contributed by atoms with van der Waals surface area (Å²) >= 11 is -1.46. The summed E-state index contributed by atoms with van der Waals surface area (Å²) in [6.45, 7) is -0.0186. The fourth-order valence-corrected chi connectivity index (χ4v) is 4.33. The number of benzene rings is 2. The molecule has 0 bridgehead atoms. The maximum Gasteiger partial charge on any atom is 0.419 e. The second-order valence-corrected chi connectivity index (χ2v) is 7.59. The molecule has 27 heavy (non-hydrogen) atoms. The average Bonchev–Trinajstić information content (AvgIpc) is 3.17. The van der Waals surface area contributed by atoms with Crippen LogP contribution in [0.25, 0.3) is 0 Å². The Morgan fingerprint density at radius 1 is 1.19 bits per heavy atom. The van der Waals surface area contributed by atoms with Crippen LogP contribution in [0.2, 0.25) is 0 Å². The Labute approximate surface area is 155 Å². The molecule has 1 N–H and O–H groups in total. The summed E-state index contributed by atoms with van der Waals surface area (Å²) in [5, 5.41) is -0.420. The van der Waals surface area contributed by atoms with Crippen molar-refractivity contribution in [3.63, 3.8) is 0 Å². The van der Waals surface area contributed by atoms with E-state index in [1.165, 1.54) is 6.07 Å². The smallest absolute Gasteiger partial charge is 0.419 e. The van der Waals surface area contributed by atoms with Crippen molar-refractivity contribution in [2.24, 2.45) is 0 Å². The Hall–Kier alpha value is -2.39. The maximum atomic E-state index is 13.1. The SMILES string of the molecule is O=C1CC(c2ccc(O[C@@H]3COc4c3cccc4C(F)(F)F)cc2)[S+]([O-])N1. The first kappa shape index (κ1) is 18.0. The lowest BCUT2D eigenvalue weighted by Crippen LogP contribution is -2.21. The van der Waals surface area contributed by atoms with E-state index in [4.69, 9.17) is 9.47 Å². The van der Waals surface area contributed by atoms with Crippen molar-refractivity contribution in [2.45, 2.75) is 24.0 Å². The van der Waals surface area contributed by atoms with Crippen LogP contribution in [0.4, 0.5) is 13.2 Å². The molecule has 0 aliphatic carbocycles. The van der Waals surface area contributed by atoms with Gasteiger partial charge >= 0.3 is 6.18 Å². The Bertz CT molecular complexity index is 872. The van der Waals surface area contributed by atoms with Crippen LogP contribution in [0.15, 0.2) is 42.5 Å². The van der Waals surface area contributed by atoms with Crippen LogP contribution < -0.4 is 14.2 Å². The predicted molar refractivity (Wildman–Crippen MR) is 90.4 cm³/mol. The van der Waals surface area contributed by atoms with E-state index in [1.54, 1.807) is 30.3 Å². The lowest BCUT2D eigenvalue weighted by molar-refractivity contribution is -0.138. The van der Waals surface area contributed by atoms with Crippen molar-refractivity contribution >= 4 is 17.3 Å². The first-order valence-corrected chi connectivity index (χ1v) is 9.34. The summed E-state index contributed by atoms with van der Waals surface area (Å²) in [6.07, 6.45) is -5.00. The number of carbonyl (C=O) groups excluding carboxylic acids is 1. The third-order valence-electron chi connectivity index (χ3n) is 4.45. The molecule has 4 rings (SSSR count). The topological polar surface area (TPSA) is 70.6 Å². The molecule has 1 amide bonds. The minimum Gasteiger partial charge on any atom is -0.593 e. The second-order valence-electron chi connectivity index (χ2n) is 6.22. The van der Waals surface area contributed by atoms with E-state index in [-0.39, 0.29) is 24.7 Å². The molecule has 0 aromatic heterocycles. The number of rotatable bonds is 3. The fraction of sp³-hybridized carbons (Fsp3) is 0.278. The molecule has 0 radical (unpaired) electrons. The Morgan fingerprint density at radius 3 is 2.56 bits per heavy atom. The van der Waals surface area contributed by atoms with Gasteiger partial charge in [-0.15, -0.1) is 0 Å². The number of hydrogen-bond donors (Lipinski definition) is 1. The minimum absolute atomic E-state index is 0.0186. The highest BCUT2D eigenvalue weighted by atomic mass is 32.2. The lowest BCUT2D eigenvalue weighted by atomic mass is 10.1. The van der Waals surface area contributed by atoms with Gasteiger partial charge in [0.05, 0.1) is 23.3 Å². The highest BCUT2D eigenvalue weighted by Gasteiger charge is 2.40. The van der Waals surface area contributed by atoms with E-state index in [9.17, 15) is 22.5 Å². The minimum atomic E-state index is -4.50. The monoisotopic (exact) mass is 397 g/mol. The quantitative estimate of drug-likeness (QED) is 0.806. The van der Waals surface area contributed by atoms with E-state index >= 15 is 0 Å². The zero-order valence-corrected chi connectivity index (χ0v) is 14.6. The van der Waals surface area contributed by atoms with Gasteiger partial charge in [0.2, 0.25) is 0 Å². The number of ether oxygens (including phenoxy) is 2. The van der Waals surface area contributed by atoms with Crippen LogP contribution in [-0.2, 0) is 22.3 Å². The molecule has 0 spiro atoms. The highest BCUT2D eigenvalue weighted by molar-refractivity contribution is 7.90. The summed E-state index contributed by atoms with van der Waals surface area (Å²) in [5.74, 6) is -0.0166. The number of hydrogen-bond acceptors (Lipinski definition) is 4. The van der Waals surface area contributed by atoms with E-state index in [0.29, 0.717) is 11.3 Å². The molecule has 1 saturated heterocycles. The van der Waals surface area contributed by atoms with Gasteiger partial charge < -0.3 is 14.0 Å². The summed E-state index contributed by atoms with van der Waals surface area (Å²) < 4.78 is 64.4. The van der Waals surface area contributed by atoms with Crippen molar-refractivity contribution in [3.05, 3.63) is 59.2 Å². The van der Waals surface area contributed by atoms with Crippen LogP contribution in [0.3, 0.4) is 0 Å². The summed E-state index contributed by atoms with van der Waals surface area (Å²) in [5.41, 5.74) is 0.254. The van der Waals surface area contributed by atoms with Crippen molar-refractivity contribution in [1.29, 1.82) is 0 Å². The number of amides is 1. The Morgan fingerprint density at radius 2 is 1.93 bits per heavy atom. The largest absolute Gasteiger partial charge is 0.593 e. The van der Waals surface area contributed by atoms with Crippen molar-refractivity contribution < 1.29 is 32.0 Å². The van der Waals surface area contributed by atoms with Crippen LogP contribution in [0.5, 0.6) is 11.5 Å². The van der Waals surface area contributed by atoms with Gasteiger partial charge in [-0.1, -0.05) is 24.3 Å². The van der Waals surface area contributed by atoms with Crippen LogP contribution in [0.1, 0.15) is 34.5 Å². The molecule has 5 nitrogen and oxygen atoms in total. The first-order chi connectivity index (χ1) is 12.8. The molecule has 0 saturated carbocycles. The van der Waals surface area contributed by atoms with Crippen LogP contribution >= 0.6 is 0 Å². The molecule has 1 fully saturated rings. The van der Waals surface area contributed by atoms with Gasteiger partial charge in [-0.2, -0.15) is 17.9 Å². The molecule has 2 unspecified atom stereocenters. The van der Waals surface area contributed by atoms with Gasteiger partial charge in [-0.05, 0) is 18.2 Å². The number of nitrogens with one attached hydrogen (secondary N) is 1. The molecule has 2 aromatic rings. The van der Waals surface area contributed by atoms with E-state index in [0.717, 1.165) is 11.6 Å². The van der Waals surface area contributed by atoms with Gasteiger partial charge in [0, 0.05) is 11.1 Å². The molecule has 142 valence electrons. The number of para-hydroxylation sites is 1. The standard InChI is InChI=1S/C18H14F3NO4S/c19-18(20,21)13-3-1-2-12-14(9-25-17(12)13)26-11-6-4-10(5-7-11)15-8-16(23)22-27(15)24/h1-7,14-15H,8-9H2,(H,22,23)/t14-,15?,27?/m1/s1. The van der Waals surface area contributed by atoms with Crippen LogP contribution in [-0.4, -0.2) is 17.1 Å². The molecule has 2 aliphatic rings. The third kappa shape index (κ3) is 3.44. The highest BCUT2D eigenvalue weighted by Crippen LogP contribution is 2.44. The molecule has 3 atom stereocenters. The van der Waals surface area contributed by atoms with Crippen molar-refractivity contribution in [3.8, 4) is 11.5 Å². The molecule has 2 aromatic carbocycles. The molecule has 9 heteroatoms. The lowest BCUT2D eigenvalue weighted by Gasteiger charge is -2.15. The van der Waals surface area contributed by atoms with Gasteiger partial charge in [0.25, 0.3) is 5.91 Å². The maximum absolute atomic E-state index is 13.1. The van der Waals surface area contributed by atoms with Gasteiger partial charge in [-0.3, -0.25) is 4.79 Å². The van der Waals surface area contributed by atoms with Gasteiger partial charge in [-0.25, -0.2) is 0 Å².